The second-order valence-corrected chi connectivity index (χ2v) is 7.54. The number of carbonyl (C=O) groups is 1. The number of carbonyl (C=O) groups excluding carboxylic acids is 1. The molecular formula is C21H22N6O2. The molecule has 1 fully saturated rings. The highest BCUT2D eigenvalue weighted by atomic mass is 16.5. The van der Waals surface area contributed by atoms with Gasteiger partial charge in [0.15, 0.2) is 0 Å². The van der Waals surface area contributed by atoms with Crippen molar-refractivity contribution >= 4 is 34.4 Å². The predicted molar refractivity (Wildman–Crippen MR) is 111 cm³/mol. The number of primary amides is 1. The van der Waals surface area contributed by atoms with E-state index >= 15 is 0 Å². The van der Waals surface area contributed by atoms with Crippen molar-refractivity contribution in [3.8, 4) is 5.75 Å². The fourth-order valence-corrected chi connectivity index (χ4v) is 4.50. The first kappa shape index (κ1) is 17.5. The van der Waals surface area contributed by atoms with E-state index in [0.29, 0.717) is 17.4 Å². The Morgan fingerprint density at radius 2 is 2.10 bits per heavy atom. The third-order valence-electron chi connectivity index (χ3n) is 5.83. The third-order valence-corrected chi connectivity index (χ3v) is 5.83. The van der Waals surface area contributed by atoms with Crippen LogP contribution in [0.5, 0.6) is 5.75 Å². The first-order valence-corrected chi connectivity index (χ1v) is 9.63. The molecular weight excluding hydrogens is 368 g/mol. The molecule has 8 heteroatoms. The Kier molecular flexibility index (Phi) is 4.12. The van der Waals surface area contributed by atoms with Gasteiger partial charge < -0.3 is 26.1 Å². The summed E-state index contributed by atoms with van der Waals surface area (Å²) < 4.78 is 5.28. The number of ether oxygens (including phenoxy) is 1. The van der Waals surface area contributed by atoms with Gasteiger partial charge in [-0.2, -0.15) is 9.97 Å². The lowest BCUT2D eigenvalue weighted by Gasteiger charge is -2.27. The Bertz CT molecular complexity index is 1110. The van der Waals surface area contributed by atoms with E-state index in [-0.39, 0.29) is 29.7 Å². The Morgan fingerprint density at radius 3 is 2.93 bits per heavy atom. The van der Waals surface area contributed by atoms with Crippen LogP contribution in [-0.4, -0.2) is 34.0 Å². The van der Waals surface area contributed by atoms with Crippen molar-refractivity contribution in [2.45, 2.75) is 12.5 Å². The molecule has 2 aliphatic carbocycles. The number of nitrogens with two attached hydrogens (primary N) is 1. The smallest absolute Gasteiger partial charge is 0.231 e. The van der Waals surface area contributed by atoms with Crippen LogP contribution in [-0.2, 0) is 4.79 Å². The number of hydrogen-bond donors (Lipinski definition) is 4. The van der Waals surface area contributed by atoms with Crippen LogP contribution >= 0.6 is 0 Å². The molecule has 5 N–H and O–H groups in total. The quantitative estimate of drug-likeness (QED) is 0.481. The maximum atomic E-state index is 12.1. The predicted octanol–water partition coefficient (Wildman–Crippen LogP) is 2.80. The number of aromatic nitrogens is 3. The second kappa shape index (κ2) is 6.80. The molecule has 0 saturated heterocycles. The van der Waals surface area contributed by atoms with E-state index < -0.39 is 0 Å². The standard InChI is InChI=1S/C21H22N6O2/c1-29-14-4-2-3-13(10-14)24-21-26-19-15(7-8-23-19)20(27-21)25-17-12-6-5-11(9-12)16(17)18(22)28/h2-8,10-12,16-17H,9H2,1H3,(H2,22,28)(H3,23,24,25,26,27). The Labute approximate surface area is 167 Å². The minimum Gasteiger partial charge on any atom is -0.497 e. The number of methoxy groups -OCH3 is 1. The molecule has 1 saturated carbocycles. The van der Waals surface area contributed by atoms with Gasteiger partial charge in [0.1, 0.15) is 17.2 Å². The molecule has 8 nitrogen and oxygen atoms in total. The van der Waals surface area contributed by atoms with Gasteiger partial charge in [0.25, 0.3) is 0 Å². The van der Waals surface area contributed by atoms with Gasteiger partial charge in [-0.15, -0.1) is 0 Å². The summed E-state index contributed by atoms with van der Waals surface area (Å²) >= 11 is 0. The molecule has 1 amide bonds. The third kappa shape index (κ3) is 3.06. The summed E-state index contributed by atoms with van der Waals surface area (Å²) in [5.41, 5.74) is 7.23. The number of fused-ring (bicyclic) bond motifs is 3. The number of H-pyrrole nitrogens is 1. The number of rotatable bonds is 6. The fraction of sp³-hybridized carbons (Fsp3) is 0.286. The van der Waals surface area contributed by atoms with Gasteiger partial charge in [-0.1, -0.05) is 18.2 Å². The summed E-state index contributed by atoms with van der Waals surface area (Å²) in [7, 11) is 1.63. The lowest BCUT2D eigenvalue weighted by atomic mass is 9.88. The summed E-state index contributed by atoms with van der Waals surface area (Å²) in [6.07, 6.45) is 7.06. The van der Waals surface area contributed by atoms with Crippen LogP contribution in [0.4, 0.5) is 17.5 Å². The summed E-state index contributed by atoms with van der Waals surface area (Å²) in [5, 5.41) is 7.59. The highest BCUT2D eigenvalue weighted by molar-refractivity contribution is 5.89. The van der Waals surface area contributed by atoms with Crippen molar-refractivity contribution in [1.82, 2.24) is 15.0 Å². The number of hydrogen-bond acceptors (Lipinski definition) is 6. The second-order valence-electron chi connectivity index (χ2n) is 7.54. The van der Waals surface area contributed by atoms with Crippen LogP contribution in [0.2, 0.25) is 0 Å². The molecule has 2 aromatic heterocycles. The molecule has 29 heavy (non-hydrogen) atoms. The SMILES string of the molecule is COc1cccc(Nc2nc(NC3C4C=CC(C4)C3C(N)=O)c3cc[nH]c3n2)c1. The topological polar surface area (TPSA) is 118 Å². The highest BCUT2D eigenvalue weighted by Gasteiger charge is 2.47. The summed E-state index contributed by atoms with van der Waals surface area (Å²) in [6.45, 7) is 0. The number of amides is 1. The van der Waals surface area contributed by atoms with Gasteiger partial charge in [-0.25, -0.2) is 0 Å². The molecule has 2 heterocycles. The highest BCUT2D eigenvalue weighted by Crippen LogP contribution is 2.45. The van der Waals surface area contributed by atoms with E-state index in [1.807, 2.05) is 36.5 Å². The van der Waals surface area contributed by atoms with E-state index in [0.717, 1.165) is 23.2 Å². The Morgan fingerprint density at radius 1 is 1.24 bits per heavy atom. The maximum Gasteiger partial charge on any atom is 0.231 e. The van der Waals surface area contributed by atoms with Crippen molar-refractivity contribution < 1.29 is 9.53 Å². The number of benzene rings is 1. The summed E-state index contributed by atoms with van der Waals surface area (Å²) in [6, 6.07) is 9.42. The zero-order valence-corrected chi connectivity index (χ0v) is 15.9. The van der Waals surface area contributed by atoms with Gasteiger partial charge in [0, 0.05) is 24.0 Å². The number of anilines is 3. The molecule has 0 aliphatic heterocycles. The molecule has 0 spiro atoms. The van der Waals surface area contributed by atoms with Gasteiger partial charge in [0.2, 0.25) is 11.9 Å². The fourth-order valence-electron chi connectivity index (χ4n) is 4.50. The maximum absolute atomic E-state index is 12.1. The van der Waals surface area contributed by atoms with E-state index in [1.165, 1.54) is 0 Å². The van der Waals surface area contributed by atoms with Gasteiger partial charge >= 0.3 is 0 Å². The number of aromatic amines is 1. The first-order valence-electron chi connectivity index (χ1n) is 9.63. The van der Waals surface area contributed by atoms with Gasteiger partial charge in [-0.3, -0.25) is 4.79 Å². The molecule has 3 aromatic rings. The van der Waals surface area contributed by atoms with Gasteiger partial charge in [0.05, 0.1) is 18.4 Å². The largest absolute Gasteiger partial charge is 0.497 e. The van der Waals surface area contributed by atoms with Crippen molar-refractivity contribution in [2.24, 2.45) is 23.5 Å². The van der Waals surface area contributed by atoms with Crippen LogP contribution in [0, 0.1) is 17.8 Å². The molecule has 5 rings (SSSR count). The minimum atomic E-state index is -0.270. The minimum absolute atomic E-state index is 0.0693. The molecule has 2 bridgehead atoms. The zero-order chi connectivity index (χ0) is 20.0. The Balaban J connectivity index is 1.48. The van der Waals surface area contributed by atoms with Crippen molar-refractivity contribution in [3.63, 3.8) is 0 Å². The summed E-state index contributed by atoms with van der Waals surface area (Å²) in [4.78, 5) is 24.5. The van der Waals surface area contributed by atoms with Crippen molar-refractivity contribution in [2.75, 3.05) is 17.7 Å². The molecule has 4 unspecified atom stereocenters. The average molecular weight is 390 g/mol. The molecule has 1 aromatic carbocycles. The zero-order valence-electron chi connectivity index (χ0n) is 15.9. The van der Waals surface area contributed by atoms with Crippen LogP contribution in [0.3, 0.4) is 0 Å². The van der Waals surface area contributed by atoms with E-state index in [2.05, 4.69) is 32.8 Å². The van der Waals surface area contributed by atoms with E-state index in [4.69, 9.17) is 15.5 Å². The van der Waals surface area contributed by atoms with Crippen LogP contribution < -0.4 is 21.1 Å². The summed E-state index contributed by atoms with van der Waals surface area (Å²) in [5.74, 6) is 1.85. The Hall–Kier alpha value is -3.55. The van der Waals surface area contributed by atoms with Crippen molar-refractivity contribution in [1.29, 1.82) is 0 Å². The molecule has 0 radical (unpaired) electrons. The molecule has 148 valence electrons. The van der Waals surface area contributed by atoms with Crippen LogP contribution in [0.1, 0.15) is 6.42 Å². The first-order chi connectivity index (χ1) is 14.1. The number of allylic oxidation sites excluding steroid dienone is 1. The lowest BCUT2D eigenvalue weighted by Crippen LogP contribution is -2.41. The number of nitrogens with zero attached hydrogens (tertiary/aromatic N) is 2. The lowest BCUT2D eigenvalue weighted by molar-refractivity contribution is -0.122. The van der Waals surface area contributed by atoms with Gasteiger partial charge in [-0.05, 0) is 36.5 Å². The number of nitrogens with one attached hydrogen (secondary N) is 3. The molecule has 2 aliphatic rings. The monoisotopic (exact) mass is 390 g/mol. The normalized spacial score (nSPS) is 24.7. The van der Waals surface area contributed by atoms with Crippen LogP contribution in [0.15, 0.2) is 48.7 Å². The van der Waals surface area contributed by atoms with Crippen molar-refractivity contribution in [3.05, 3.63) is 48.7 Å². The van der Waals surface area contributed by atoms with Crippen LogP contribution in [0.25, 0.3) is 11.0 Å². The van der Waals surface area contributed by atoms with E-state index in [9.17, 15) is 4.79 Å². The van der Waals surface area contributed by atoms with E-state index in [1.54, 1.807) is 7.11 Å². The average Bonchev–Trinajstić information content (AvgIpc) is 3.44. The molecule has 4 atom stereocenters.